The fourth-order valence-electron chi connectivity index (χ4n) is 6.73. The van der Waals surface area contributed by atoms with E-state index in [1.54, 1.807) is 0 Å². The van der Waals surface area contributed by atoms with Gasteiger partial charge in [-0.15, -0.1) is 0 Å². The van der Waals surface area contributed by atoms with Gasteiger partial charge in [-0.3, -0.25) is 4.79 Å². The summed E-state index contributed by atoms with van der Waals surface area (Å²) < 4.78 is 6.52. The fraction of sp³-hybridized carbons (Fsp3) is 0.682. The number of likely N-dealkylation sites (N-methyl/N-ethyl adjacent to an activating group) is 1. The van der Waals surface area contributed by atoms with Crippen LogP contribution in [0.1, 0.15) is 48.8 Å². The summed E-state index contributed by atoms with van der Waals surface area (Å²) in [5, 5.41) is 33.0. The number of aromatic hydroxyl groups is 1. The summed E-state index contributed by atoms with van der Waals surface area (Å²) in [6, 6.07) is 2.57. The quantitative estimate of drug-likeness (QED) is 0.533. The normalized spacial score (nSPS) is 34.6. The Kier molecular flexibility index (Phi) is 4.53. The van der Waals surface area contributed by atoms with Crippen LogP contribution in [0.3, 0.4) is 0 Å². The Labute approximate surface area is 170 Å². The predicted octanol–water partition coefficient (Wildman–Crippen LogP) is 1.38. The molecule has 2 aliphatic heterocycles. The Bertz CT molecular complexity index is 843. The van der Waals surface area contributed by atoms with Gasteiger partial charge in [-0.05, 0) is 69.8 Å². The third-order valence-corrected chi connectivity index (χ3v) is 7.93. The molecule has 4 aliphatic rings. The molecule has 7 nitrogen and oxygen atoms in total. The monoisotopic (exact) mass is 402 g/mol. The Hall–Kier alpha value is -1.83. The number of rotatable bonds is 6. The molecule has 158 valence electrons. The standard InChI is InChI=1S/C22H30N2O5/c1-24-8-6-22-14-4-5-15(23-7-2-3-17(26)27)21(22)29-20-18(22)12(10-16(14)24)9-13(11-25)19(20)28/h9,14-16,21,23,25,28H,2-8,10-11H2,1H3,(H,26,27)/t14-,15?,16+,21?,22-/m0/s1. The van der Waals surface area contributed by atoms with Crippen LogP contribution < -0.4 is 10.1 Å². The van der Waals surface area contributed by atoms with E-state index in [0.717, 1.165) is 32.2 Å². The zero-order valence-electron chi connectivity index (χ0n) is 16.9. The van der Waals surface area contributed by atoms with E-state index >= 15 is 0 Å². The van der Waals surface area contributed by atoms with Gasteiger partial charge in [0.1, 0.15) is 6.10 Å². The molecule has 1 saturated carbocycles. The lowest BCUT2D eigenvalue weighted by Gasteiger charge is -2.59. The summed E-state index contributed by atoms with van der Waals surface area (Å²) >= 11 is 0. The van der Waals surface area contributed by atoms with Crippen molar-refractivity contribution in [3.8, 4) is 11.5 Å². The number of hydrogen-bond donors (Lipinski definition) is 4. The molecule has 1 spiro atoms. The van der Waals surface area contributed by atoms with Gasteiger partial charge < -0.3 is 30.3 Å². The molecule has 2 unspecified atom stereocenters. The van der Waals surface area contributed by atoms with Crippen molar-refractivity contribution in [3.63, 3.8) is 0 Å². The minimum Gasteiger partial charge on any atom is -0.504 e. The van der Waals surface area contributed by atoms with Gasteiger partial charge in [0.25, 0.3) is 0 Å². The lowest BCUT2D eigenvalue weighted by molar-refractivity contribution is -0.137. The molecule has 5 atom stereocenters. The average Bonchev–Trinajstić information content (AvgIpc) is 3.05. The summed E-state index contributed by atoms with van der Waals surface area (Å²) in [5.74, 6) is 0.408. The van der Waals surface area contributed by atoms with Crippen LogP contribution in [0.2, 0.25) is 0 Å². The number of nitrogens with zero attached hydrogens (tertiary/aromatic N) is 1. The molecule has 7 heteroatoms. The summed E-state index contributed by atoms with van der Waals surface area (Å²) in [6.07, 6.45) is 4.73. The van der Waals surface area contributed by atoms with Crippen molar-refractivity contribution < 1.29 is 24.9 Å². The molecule has 29 heavy (non-hydrogen) atoms. The van der Waals surface area contributed by atoms with Crippen LogP contribution in [0.25, 0.3) is 0 Å². The van der Waals surface area contributed by atoms with Gasteiger partial charge in [0.15, 0.2) is 11.5 Å². The smallest absolute Gasteiger partial charge is 0.303 e. The van der Waals surface area contributed by atoms with Crippen LogP contribution in [0.5, 0.6) is 11.5 Å². The second-order valence-electron chi connectivity index (χ2n) is 9.23. The van der Waals surface area contributed by atoms with Crippen LogP contribution in [-0.2, 0) is 23.2 Å². The third kappa shape index (κ3) is 2.64. The topological polar surface area (TPSA) is 102 Å². The van der Waals surface area contributed by atoms with Crippen molar-refractivity contribution in [1.82, 2.24) is 10.2 Å². The highest BCUT2D eigenvalue weighted by molar-refractivity contribution is 5.66. The molecule has 2 heterocycles. The molecule has 2 fully saturated rings. The molecule has 1 saturated heterocycles. The molecule has 0 amide bonds. The number of nitrogens with one attached hydrogen (secondary N) is 1. The number of aliphatic hydroxyl groups excluding tert-OH is 1. The van der Waals surface area contributed by atoms with Gasteiger partial charge in [0, 0.05) is 35.0 Å². The van der Waals surface area contributed by atoms with Crippen molar-refractivity contribution in [2.24, 2.45) is 5.92 Å². The number of aliphatic carboxylic acids is 1. The Morgan fingerprint density at radius 2 is 2.24 bits per heavy atom. The lowest BCUT2D eigenvalue weighted by Crippen LogP contribution is -2.68. The number of benzene rings is 1. The molecule has 1 aromatic carbocycles. The molecular formula is C22H30N2O5. The molecule has 0 aromatic heterocycles. The molecule has 2 bridgehead atoms. The number of ether oxygens (including phenoxy) is 1. The van der Waals surface area contributed by atoms with E-state index in [1.807, 2.05) is 6.07 Å². The van der Waals surface area contributed by atoms with Crippen molar-refractivity contribution in [2.75, 3.05) is 20.1 Å². The minimum atomic E-state index is -0.768. The highest BCUT2D eigenvalue weighted by Gasteiger charge is 2.65. The Morgan fingerprint density at radius 3 is 3.00 bits per heavy atom. The van der Waals surface area contributed by atoms with Gasteiger partial charge in [-0.25, -0.2) is 0 Å². The summed E-state index contributed by atoms with van der Waals surface area (Å²) in [6.45, 7) is 1.46. The van der Waals surface area contributed by atoms with Crippen LogP contribution >= 0.6 is 0 Å². The maximum absolute atomic E-state index is 10.8. The average molecular weight is 402 g/mol. The van der Waals surface area contributed by atoms with E-state index in [2.05, 4.69) is 17.3 Å². The highest BCUT2D eigenvalue weighted by Crippen LogP contribution is 2.64. The lowest BCUT2D eigenvalue weighted by atomic mass is 9.51. The van der Waals surface area contributed by atoms with Gasteiger partial charge in [-0.1, -0.05) is 0 Å². The van der Waals surface area contributed by atoms with Gasteiger partial charge in [0.05, 0.1) is 6.61 Å². The first-order chi connectivity index (χ1) is 14.0. The summed E-state index contributed by atoms with van der Waals surface area (Å²) in [7, 11) is 2.21. The minimum absolute atomic E-state index is 0.0591. The number of hydrogen-bond acceptors (Lipinski definition) is 6. The SMILES string of the molecule is CN1CC[C@]23c4c5cc(CO)c(O)c4OC2C(NCCCC(=O)O)CC[C@H]3[C@H]1C5. The molecule has 1 aromatic rings. The highest BCUT2D eigenvalue weighted by atomic mass is 16.5. The number of phenols is 1. The van der Waals surface area contributed by atoms with Gasteiger partial charge in [0.2, 0.25) is 0 Å². The second kappa shape index (κ2) is 6.86. The molecule has 0 radical (unpaired) electrons. The van der Waals surface area contributed by atoms with Crippen molar-refractivity contribution >= 4 is 5.97 Å². The first-order valence-corrected chi connectivity index (χ1v) is 10.8. The van der Waals surface area contributed by atoms with Crippen LogP contribution in [0.4, 0.5) is 0 Å². The van der Waals surface area contributed by atoms with Crippen molar-refractivity contribution in [2.45, 2.75) is 68.7 Å². The largest absolute Gasteiger partial charge is 0.504 e. The number of carbonyl (C=O) groups is 1. The first-order valence-electron chi connectivity index (χ1n) is 10.8. The van der Waals surface area contributed by atoms with E-state index in [-0.39, 0.29) is 36.3 Å². The molecular weight excluding hydrogens is 372 g/mol. The van der Waals surface area contributed by atoms with E-state index in [4.69, 9.17) is 9.84 Å². The van der Waals surface area contributed by atoms with Gasteiger partial charge >= 0.3 is 5.97 Å². The number of carboxylic acids is 1. The number of piperidine rings is 1. The number of aliphatic hydroxyl groups is 1. The predicted molar refractivity (Wildman–Crippen MR) is 106 cm³/mol. The Balaban J connectivity index is 1.53. The van der Waals surface area contributed by atoms with Crippen LogP contribution in [0.15, 0.2) is 6.07 Å². The van der Waals surface area contributed by atoms with E-state index in [0.29, 0.717) is 36.2 Å². The van der Waals surface area contributed by atoms with Crippen LogP contribution in [0, 0.1) is 5.92 Å². The zero-order valence-corrected chi connectivity index (χ0v) is 16.9. The number of carboxylic acid groups (broad SMARTS) is 1. The van der Waals surface area contributed by atoms with Crippen molar-refractivity contribution in [1.29, 1.82) is 0 Å². The van der Waals surface area contributed by atoms with E-state index in [9.17, 15) is 15.0 Å². The zero-order chi connectivity index (χ0) is 20.3. The third-order valence-electron chi connectivity index (χ3n) is 7.93. The summed E-state index contributed by atoms with van der Waals surface area (Å²) in [5.41, 5.74) is 2.83. The molecule has 4 N–H and O–H groups in total. The maximum atomic E-state index is 10.8. The fourth-order valence-corrected chi connectivity index (χ4v) is 6.73. The molecule has 2 aliphatic carbocycles. The first kappa shape index (κ1) is 19.2. The van der Waals surface area contributed by atoms with E-state index in [1.165, 1.54) is 11.1 Å². The van der Waals surface area contributed by atoms with Crippen LogP contribution in [-0.4, -0.2) is 64.5 Å². The molecule has 5 rings (SSSR count). The maximum Gasteiger partial charge on any atom is 0.303 e. The van der Waals surface area contributed by atoms with Crippen molar-refractivity contribution in [3.05, 3.63) is 22.8 Å². The van der Waals surface area contributed by atoms with Gasteiger partial charge in [-0.2, -0.15) is 0 Å². The Morgan fingerprint density at radius 1 is 1.41 bits per heavy atom. The second-order valence-corrected chi connectivity index (χ2v) is 9.23. The van der Waals surface area contributed by atoms with E-state index < -0.39 is 5.97 Å². The number of likely N-dealkylation sites (tertiary alicyclic amines) is 1. The summed E-state index contributed by atoms with van der Waals surface area (Å²) in [4.78, 5) is 13.3.